The second kappa shape index (κ2) is 8.65. The molecule has 0 radical (unpaired) electrons. The molecule has 92 valence electrons. The fourth-order valence-electron chi connectivity index (χ4n) is 1.80. The summed E-state index contributed by atoms with van der Waals surface area (Å²) in [6, 6.07) is 0.0920. The van der Waals surface area contributed by atoms with Crippen molar-refractivity contribution >= 4 is 11.7 Å². The monoisotopic (exact) mass is 241 g/mol. The van der Waals surface area contributed by atoms with Crippen molar-refractivity contribution < 1.29 is 0 Å². The highest BCUT2D eigenvalue weighted by Gasteiger charge is 2.07. The van der Waals surface area contributed by atoms with Crippen LogP contribution in [0.5, 0.6) is 0 Å². The van der Waals surface area contributed by atoms with Crippen molar-refractivity contribution in [1.82, 2.24) is 8.75 Å². The van der Waals surface area contributed by atoms with Gasteiger partial charge in [-0.05, 0) is 6.42 Å². The third kappa shape index (κ3) is 5.56. The van der Waals surface area contributed by atoms with Crippen LogP contribution in [0.1, 0.15) is 70.0 Å². The Kier molecular flexibility index (Phi) is 7.34. The Morgan fingerprint density at radius 3 is 2.50 bits per heavy atom. The summed E-state index contributed by atoms with van der Waals surface area (Å²) in [6.45, 7) is 2.25. The average Bonchev–Trinajstić information content (AvgIpc) is 2.81. The minimum absolute atomic E-state index is 0.0920. The zero-order valence-electron chi connectivity index (χ0n) is 10.2. The van der Waals surface area contributed by atoms with E-state index in [4.69, 9.17) is 5.73 Å². The van der Waals surface area contributed by atoms with E-state index >= 15 is 0 Å². The quantitative estimate of drug-likeness (QED) is 0.671. The van der Waals surface area contributed by atoms with Gasteiger partial charge >= 0.3 is 0 Å². The van der Waals surface area contributed by atoms with Crippen LogP contribution in [0.15, 0.2) is 6.20 Å². The van der Waals surface area contributed by atoms with Crippen LogP contribution >= 0.6 is 11.7 Å². The zero-order valence-corrected chi connectivity index (χ0v) is 11.0. The highest BCUT2D eigenvalue weighted by atomic mass is 32.1. The van der Waals surface area contributed by atoms with Gasteiger partial charge in [0.2, 0.25) is 0 Å². The summed E-state index contributed by atoms with van der Waals surface area (Å²) in [6.07, 6.45) is 12.2. The number of hydrogen-bond donors (Lipinski definition) is 1. The standard InChI is InChI=1S/C12H23N3S/c1-2-3-4-5-6-7-8-9-11(13)12-10-14-16-15-12/h10-11H,2-9,13H2,1H3. The maximum atomic E-state index is 6.01. The lowest BCUT2D eigenvalue weighted by atomic mass is 10.0. The highest BCUT2D eigenvalue weighted by molar-refractivity contribution is 6.99. The van der Waals surface area contributed by atoms with Crippen LogP contribution in [0, 0.1) is 0 Å². The number of unbranched alkanes of at least 4 members (excludes halogenated alkanes) is 6. The van der Waals surface area contributed by atoms with E-state index in [1.54, 1.807) is 6.20 Å². The molecule has 1 rings (SSSR count). The number of aromatic nitrogens is 2. The predicted molar refractivity (Wildman–Crippen MR) is 69.4 cm³/mol. The van der Waals surface area contributed by atoms with Crippen LogP contribution in [-0.4, -0.2) is 8.75 Å². The summed E-state index contributed by atoms with van der Waals surface area (Å²) >= 11 is 1.24. The molecule has 0 fully saturated rings. The Hall–Kier alpha value is -0.480. The maximum absolute atomic E-state index is 6.01. The third-order valence-electron chi connectivity index (χ3n) is 2.88. The van der Waals surface area contributed by atoms with Crippen molar-refractivity contribution in [2.75, 3.05) is 0 Å². The summed E-state index contributed by atoms with van der Waals surface area (Å²) in [4.78, 5) is 0. The van der Waals surface area contributed by atoms with Gasteiger partial charge in [0, 0.05) is 6.04 Å². The first-order chi connectivity index (χ1) is 7.84. The molecule has 0 aliphatic rings. The maximum Gasteiger partial charge on any atom is 0.0910 e. The number of nitrogens with two attached hydrogens (primary N) is 1. The molecule has 1 heterocycles. The molecule has 0 aliphatic heterocycles. The van der Waals surface area contributed by atoms with E-state index in [0.717, 1.165) is 12.1 Å². The van der Waals surface area contributed by atoms with E-state index < -0.39 is 0 Å². The molecule has 1 unspecified atom stereocenters. The van der Waals surface area contributed by atoms with Crippen LogP contribution in [0.3, 0.4) is 0 Å². The molecule has 0 bridgehead atoms. The molecule has 0 aliphatic carbocycles. The highest BCUT2D eigenvalue weighted by Crippen LogP contribution is 2.16. The van der Waals surface area contributed by atoms with E-state index in [1.165, 1.54) is 56.7 Å². The molecule has 0 saturated carbocycles. The van der Waals surface area contributed by atoms with Crippen molar-refractivity contribution in [3.05, 3.63) is 11.9 Å². The van der Waals surface area contributed by atoms with Crippen molar-refractivity contribution in [2.24, 2.45) is 5.73 Å². The molecule has 1 aromatic heterocycles. The molecule has 1 aromatic rings. The van der Waals surface area contributed by atoms with Gasteiger partial charge in [-0.25, -0.2) is 0 Å². The van der Waals surface area contributed by atoms with Gasteiger partial charge in [0.1, 0.15) is 0 Å². The summed E-state index contributed by atoms with van der Waals surface area (Å²) in [5.74, 6) is 0. The Balaban J connectivity index is 1.95. The first-order valence-corrected chi connectivity index (χ1v) is 7.10. The Bertz CT molecular complexity index is 249. The molecule has 16 heavy (non-hydrogen) atoms. The SMILES string of the molecule is CCCCCCCCCC(N)c1cnsn1. The Morgan fingerprint density at radius 2 is 1.88 bits per heavy atom. The largest absolute Gasteiger partial charge is 0.323 e. The number of hydrogen-bond acceptors (Lipinski definition) is 4. The molecular weight excluding hydrogens is 218 g/mol. The Labute approximate surface area is 103 Å². The van der Waals surface area contributed by atoms with Gasteiger partial charge in [-0.15, -0.1) is 0 Å². The normalized spacial score (nSPS) is 12.9. The average molecular weight is 241 g/mol. The van der Waals surface area contributed by atoms with Crippen molar-refractivity contribution in [1.29, 1.82) is 0 Å². The number of rotatable bonds is 9. The molecule has 0 aromatic carbocycles. The Morgan fingerprint density at radius 1 is 1.19 bits per heavy atom. The molecule has 0 amide bonds. The minimum atomic E-state index is 0.0920. The summed E-state index contributed by atoms with van der Waals surface area (Å²) in [7, 11) is 0. The first kappa shape index (κ1) is 13.6. The van der Waals surface area contributed by atoms with Crippen molar-refractivity contribution in [3.63, 3.8) is 0 Å². The lowest BCUT2D eigenvalue weighted by molar-refractivity contribution is 0.537. The summed E-state index contributed by atoms with van der Waals surface area (Å²) in [5, 5.41) is 0. The molecule has 1 atom stereocenters. The van der Waals surface area contributed by atoms with E-state index in [1.807, 2.05) is 0 Å². The summed E-state index contributed by atoms with van der Waals surface area (Å²) in [5.41, 5.74) is 6.96. The first-order valence-electron chi connectivity index (χ1n) is 6.37. The van der Waals surface area contributed by atoms with Crippen LogP contribution in [-0.2, 0) is 0 Å². The van der Waals surface area contributed by atoms with Crippen LogP contribution in [0.2, 0.25) is 0 Å². The number of nitrogens with zero attached hydrogens (tertiary/aromatic N) is 2. The molecule has 2 N–H and O–H groups in total. The van der Waals surface area contributed by atoms with Gasteiger partial charge in [0.05, 0.1) is 23.6 Å². The topological polar surface area (TPSA) is 51.8 Å². The van der Waals surface area contributed by atoms with Gasteiger partial charge in [0.25, 0.3) is 0 Å². The lowest BCUT2D eigenvalue weighted by Crippen LogP contribution is -2.10. The lowest BCUT2D eigenvalue weighted by Gasteiger charge is -2.07. The fraction of sp³-hybridized carbons (Fsp3) is 0.833. The van der Waals surface area contributed by atoms with Crippen LogP contribution in [0.25, 0.3) is 0 Å². The molecule has 0 spiro atoms. The third-order valence-corrected chi connectivity index (χ3v) is 3.37. The van der Waals surface area contributed by atoms with Gasteiger partial charge in [-0.3, -0.25) is 0 Å². The van der Waals surface area contributed by atoms with Crippen LogP contribution in [0.4, 0.5) is 0 Å². The van der Waals surface area contributed by atoms with E-state index in [9.17, 15) is 0 Å². The van der Waals surface area contributed by atoms with E-state index in [-0.39, 0.29) is 6.04 Å². The van der Waals surface area contributed by atoms with E-state index in [2.05, 4.69) is 15.7 Å². The summed E-state index contributed by atoms with van der Waals surface area (Å²) < 4.78 is 8.13. The smallest absolute Gasteiger partial charge is 0.0910 e. The van der Waals surface area contributed by atoms with Crippen LogP contribution < -0.4 is 5.73 Å². The fourth-order valence-corrected chi connectivity index (χ4v) is 2.28. The van der Waals surface area contributed by atoms with Crippen molar-refractivity contribution in [2.45, 2.75) is 64.3 Å². The predicted octanol–water partition coefficient (Wildman–Crippen LogP) is 3.68. The second-order valence-electron chi connectivity index (χ2n) is 4.35. The molecule has 0 saturated heterocycles. The zero-order chi connectivity index (χ0) is 11.6. The van der Waals surface area contributed by atoms with Gasteiger partial charge in [-0.1, -0.05) is 51.9 Å². The minimum Gasteiger partial charge on any atom is -0.323 e. The van der Waals surface area contributed by atoms with Crippen molar-refractivity contribution in [3.8, 4) is 0 Å². The molecule has 3 nitrogen and oxygen atoms in total. The molecular formula is C12H23N3S. The van der Waals surface area contributed by atoms with E-state index in [0.29, 0.717) is 0 Å². The van der Waals surface area contributed by atoms with Gasteiger partial charge in [-0.2, -0.15) is 8.75 Å². The van der Waals surface area contributed by atoms with Gasteiger partial charge in [0.15, 0.2) is 0 Å². The van der Waals surface area contributed by atoms with Gasteiger partial charge < -0.3 is 5.73 Å². The molecule has 4 heteroatoms. The second-order valence-corrected chi connectivity index (χ2v) is 4.91.